The zero-order chi connectivity index (χ0) is 14.5. The van der Waals surface area contributed by atoms with Gasteiger partial charge in [0, 0.05) is 38.4 Å². The van der Waals surface area contributed by atoms with Gasteiger partial charge in [-0.3, -0.25) is 9.69 Å². The maximum atomic E-state index is 12.4. The van der Waals surface area contributed by atoms with E-state index in [2.05, 4.69) is 23.7 Å². The minimum absolute atomic E-state index is 0.0374. The summed E-state index contributed by atoms with van der Waals surface area (Å²) < 4.78 is 1.87. The Morgan fingerprint density at radius 1 is 1.50 bits per heavy atom. The van der Waals surface area contributed by atoms with Gasteiger partial charge in [0.15, 0.2) is 0 Å². The SMILES string of the molecule is CCN(CC)C1CCN(C(=O)c2cn(CCN)cn2)C1. The molecule has 1 aromatic rings. The second-order valence-electron chi connectivity index (χ2n) is 5.20. The third kappa shape index (κ3) is 3.19. The molecule has 1 aromatic heterocycles. The Hall–Kier alpha value is -1.40. The van der Waals surface area contributed by atoms with Crippen LogP contribution in [0.2, 0.25) is 0 Å². The summed E-state index contributed by atoms with van der Waals surface area (Å²) >= 11 is 0. The number of rotatable bonds is 6. The van der Waals surface area contributed by atoms with Crippen LogP contribution in [0.15, 0.2) is 12.5 Å². The molecule has 0 spiro atoms. The summed E-state index contributed by atoms with van der Waals surface area (Å²) in [5.74, 6) is 0.0374. The fourth-order valence-electron chi connectivity index (χ4n) is 2.87. The lowest BCUT2D eigenvalue weighted by Gasteiger charge is -2.25. The van der Waals surface area contributed by atoms with Crippen molar-refractivity contribution in [1.29, 1.82) is 0 Å². The van der Waals surface area contributed by atoms with Crippen molar-refractivity contribution in [2.45, 2.75) is 32.9 Å². The van der Waals surface area contributed by atoms with Gasteiger partial charge in [-0.2, -0.15) is 0 Å². The van der Waals surface area contributed by atoms with Crippen molar-refractivity contribution < 1.29 is 4.79 Å². The molecule has 6 heteroatoms. The molecule has 1 aliphatic rings. The van der Waals surface area contributed by atoms with Crippen LogP contribution >= 0.6 is 0 Å². The van der Waals surface area contributed by atoms with Crippen LogP contribution in [0, 0.1) is 0 Å². The molecule has 1 saturated heterocycles. The summed E-state index contributed by atoms with van der Waals surface area (Å²) in [7, 11) is 0. The average molecular weight is 279 g/mol. The van der Waals surface area contributed by atoms with Crippen LogP contribution in [-0.4, -0.2) is 64.0 Å². The summed E-state index contributed by atoms with van der Waals surface area (Å²) in [5.41, 5.74) is 6.03. The zero-order valence-corrected chi connectivity index (χ0v) is 12.5. The number of carbonyl (C=O) groups is 1. The molecule has 6 nitrogen and oxygen atoms in total. The van der Waals surface area contributed by atoms with Gasteiger partial charge >= 0.3 is 0 Å². The predicted molar refractivity (Wildman–Crippen MR) is 78.5 cm³/mol. The number of amides is 1. The van der Waals surface area contributed by atoms with E-state index in [0.717, 1.165) is 32.6 Å². The molecule has 1 fully saturated rings. The maximum Gasteiger partial charge on any atom is 0.274 e. The highest BCUT2D eigenvalue weighted by Gasteiger charge is 2.30. The molecular formula is C14H25N5O. The Kier molecular flexibility index (Phi) is 5.14. The molecule has 0 aromatic carbocycles. The van der Waals surface area contributed by atoms with Gasteiger partial charge in [-0.1, -0.05) is 13.8 Å². The van der Waals surface area contributed by atoms with E-state index < -0.39 is 0 Å². The Balaban J connectivity index is 1.96. The number of carbonyl (C=O) groups excluding carboxylic acids is 1. The van der Waals surface area contributed by atoms with E-state index in [0.29, 0.717) is 24.8 Å². The Morgan fingerprint density at radius 2 is 2.25 bits per heavy atom. The normalized spacial score (nSPS) is 19.0. The smallest absolute Gasteiger partial charge is 0.274 e. The number of likely N-dealkylation sites (tertiary alicyclic amines) is 1. The van der Waals surface area contributed by atoms with Crippen molar-refractivity contribution >= 4 is 5.91 Å². The van der Waals surface area contributed by atoms with E-state index in [4.69, 9.17) is 5.73 Å². The molecule has 2 rings (SSSR count). The zero-order valence-electron chi connectivity index (χ0n) is 12.5. The Bertz CT molecular complexity index is 441. The Morgan fingerprint density at radius 3 is 2.90 bits per heavy atom. The summed E-state index contributed by atoms with van der Waals surface area (Å²) in [5, 5.41) is 0. The van der Waals surface area contributed by atoms with Crippen LogP contribution < -0.4 is 5.73 Å². The molecule has 1 aliphatic heterocycles. The average Bonchev–Trinajstić information content (AvgIpc) is 3.09. The van der Waals surface area contributed by atoms with Gasteiger partial charge in [0.2, 0.25) is 0 Å². The van der Waals surface area contributed by atoms with Gasteiger partial charge in [0.05, 0.1) is 6.33 Å². The molecule has 0 radical (unpaired) electrons. The fourth-order valence-corrected chi connectivity index (χ4v) is 2.87. The molecule has 2 heterocycles. The lowest BCUT2D eigenvalue weighted by atomic mass is 10.2. The second kappa shape index (κ2) is 6.85. The van der Waals surface area contributed by atoms with Crippen LogP contribution in [0.3, 0.4) is 0 Å². The summed E-state index contributed by atoms with van der Waals surface area (Å²) in [4.78, 5) is 20.9. The van der Waals surface area contributed by atoms with Crippen LogP contribution in [0.5, 0.6) is 0 Å². The van der Waals surface area contributed by atoms with Gasteiger partial charge in [-0.15, -0.1) is 0 Å². The van der Waals surface area contributed by atoms with Gasteiger partial charge in [0.1, 0.15) is 5.69 Å². The number of aromatic nitrogens is 2. The van der Waals surface area contributed by atoms with Crippen LogP contribution in [0.4, 0.5) is 0 Å². The minimum Gasteiger partial charge on any atom is -0.336 e. The molecule has 112 valence electrons. The molecule has 1 amide bonds. The number of imidazole rings is 1. The second-order valence-corrected chi connectivity index (χ2v) is 5.20. The topological polar surface area (TPSA) is 67.4 Å². The van der Waals surface area contributed by atoms with E-state index in [1.165, 1.54) is 0 Å². The van der Waals surface area contributed by atoms with Crippen molar-refractivity contribution in [2.75, 3.05) is 32.7 Å². The van der Waals surface area contributed by atoms with Crippen LogP contribution in [0.25, 0.3) is 0 Å². The van der Waals surface area contributed by atoms with Crippen molar-refractivity contribution in [2.24, 2.45) is 5.73 Å². The van der Waals surface area contributed by atoms with Crippen molar-refractivity contribution in [3.8, 4) is 0 Å². The first-order valence-electron chi connectivity index (χ1n) is 7.44. The van der Waals surface area contributed by atoms with Gasteiger partial charge < -0.3 is 15.2 Å². The standard InChI is InChI=1S/C14H25N5O/c1-3-18(4-2)12-5-7-19(9-12)14(20)13-10-17(8-6-15)11-16-13/h10-12H,3-9,15H2,1-2H3. The van der Waals surface area contributed by atoms with E-state index in [-0.39, 0.29) is 5.91 Å². The summed E-state index contributed by atoms with van der Waals surface area (Å²) in [6.07, 6.45) is 4.52. The highest BCUT2D eigenvalue weighted by atomic mass is 16.2. The molecule has 1 atom stereocenters. The van der Waals surface area contributed by atoms with Crippen molar-refractivity contribution in [3.05, 3.63) is 18.2 Å². The van der Waals surface area contributed by atoms with Gasteiger partial charge in [-0.05, 0) is 19.5 Å². The number of hydrogen-bond donors (Lipinski definition) is 1. The van der Waals surface area contributed by atoms with E-state index in [1.807, 2.05) is 9.47 Å². The Labute approximate surface area is 120 Å². The number of nitrogens with zero attached hydrogens (tertiary/aromatic N) is 4. The highest BCUT2D eigenvalue weighted by molar-refractivity contribution is 5.92. The highest BCUT2D eigenvalue weighted by Crippen LogP contribution is 2.17. The lowest BCUT2D eigenvalue weighted by molar-refractivity contribution is 0.0772. The van der Waals surface area contributed by atoms with E-state index >= 15 is 0 Å². The fraction of sp³-hybridized carbons (Fsp3) is 0.714. The molecule has 2 N–H and O–H groups in total. The number of likely N-dealkylation sites (N-methyl/N-ethyl adjacent to an activating group) is 1. The molecule has 0 aliphatic carbocycles. The largest absolute Gasteiger partial charge is 0.336 e. The maximum absolute atomic E-state index is 12.4. The van der Waals surface area contributed by atoms with Crippen molar-refractivity contribution in [3.63, 3.8) is 0 Å². The van der Waals surface area contributed by atoms with Gasteiger partial charge in [-0.25, -0.2) is 4.98 Å². The monoisotopic (exact) mass is 279 g/mol. The third-order valence-corrected chi connectivity index (χ3v) is 4.02. The minimum atomic E-state index is 0.0374. The van der Waals surface area contributed by atoms with Crippen LogP contribution in [-0.2, 0) is 6.54 Å². The van der Waals surface area contributed by atoms with E-state index in [9.17, 15) is 4.79 Å². The van der Waals surface area contributed by atoms with Crippen LogP contribution in [0.1, 0.15) is 30.8 Å². The first kappa shape index (κ1) is 15.0. The first-order chi connectivity index (χ1) is 9.69. The number of hydrogen-bond acceptors (Lipinski definition) is 4. The van der Waals surface area contributed by atoms with Gasteiger partial charge in [0.25, 0.3) is 5.91 Å². The van der Waals surface area contributed by atoms with Crippen molar-refractivity contribution in [1.82, 2.24) is 19.4 Å². The lowest BCUT2D eigenvalue weighted by Crippen LogP contribution is -2.38. The molecule has 20 heavy (non-hydrogen) atoms. The predicted octanol–water partition coefficient (Wildman–Crippen LogP) is 0.398. The first-order valence-corrected chi connectivity index (χ1v) is 7.44. The molecule has 0 bridgehead atoms. The summed E-state index contributed by atoms with van der Waals surface area (Å²) in [6, 6.07) is 0.486. The molecule has 1 unspecified atom stereocenters. The third-order valence-electron chi connectivity index (χ3n) is 4.02. The molecule has 0 saturated carbocycles. The summed E-state index contributed by atoms with van der Waals surface area (Å²) in [6.45, 7) is 9.29. The number of nitrogens with two attached hydrogens (primary N) is 1. The quantitative estimate of drug-likeness (QED) is 0.818. The van der Waals surface area contributed by atoms with E-state index in [1.54, 1.807) is 12.5 Å². The molecular weight excluding hydrogens is 254 g/mol.